The molecule has 2 aromatic carbocycles. The SMILES string of the molecule is O=C1NC2(CCOc3ccccc32)C(=O)N1Cc1ccc(Cl)c(Cl)c1. The van der Waals surface area contributed by atoms with Gasteiger partial charge >= 0.3 is 6.03 Å². The van der Waals surface area contributed by atoms with Gasteiger partial charge in [0.15, 0.2) is 5.54 Å². The Morgan fingerprint density at radius 2 is 1.92 bits per heavy atom. The number of para-hydroxylation sites is 1. The van der Waals surface area contributed by atoms with Gasteiger partial charge < -0.3 is 10.1 Å². The van der Waals surface area contributed by atoms with Crippen molar-refractivity contribution in [2.24, 2.45) is 0 Å². The molecule has 25 heavy (non-hydrogen) atoms. The van der Waals surface area contributed by atoms with Crippen molar-refractivity contribution in [1.29, 1.82) is 0 Å². The molecule has 0 radical (unpaired) electrons. The largest absolute Gasteiger partial charge is 0.493 e. The number of benzene rings is 2. The van der Waals surface area contributed by atoms with E-state index < -0.39 is 11.6 Å². The van der Waals surface area contributed by atoms with Gasteiger partial charge in [0.05, 0.1) is 23.2 Å². The van der Waals surface area contributed by atoms with Gasteiger partial charge in [0.25, 0.3) is 5.91 Å². The van der Waals surface area contributed by atoms with Gasteiger partial charge in [-0.3, -0.25) is 9.69 Å². The third-order valence-corrected chi connectivity index (χ3v) is 5.32. The first-order valence-electron chi connectivity index (χ1n) is 7.81. The topological polar surface area (TPSA) is 58.6 Å². The minimum Gasteiger partial charge on any atom is -0.493 e. The summed E-state index contributed by atoms with van der Waals surface area (Å²) in [6.07, 6.45) is 0.395. The minimum atomic E-state index is -1.07. The fourth-order valence-corrected chi connectivity index (χ4v) is 3.66. The number of rotatable bonds is 2. The summed E-state index contributed by atoms with van der Waals surface area (Å²) in [6, 6.07) is 11.9. The van der Waals surface area contributed by atoms with Crippen molar-refractivity contribution in [2.45, 2.75) is 18.5 Å². The summed E-state index contributed by atoms with van der Waals surface area (Å²) in [5, 5.41) is 3.68. The van der Waals surface area contributed by atoms with E-state index in [0.29, 0.717) is 34.4 Å². The molecule has 128 valence electrons. The van der Waals surface area contributed by atoms with Crippen LogP contribution in [0, 0.1) is 0 Å². The summed E-state index contributed by atoms with van der Waals surface area (Å²) < 4.78 is 5.62. The van der Waals surface area contributed by atoms with Crippen molar-refractivity contribution >= 4 is 35.1 Å². The van der Waals surface area contributed by atoms with Crippen LogP contribution in [0.5, 0.6) is 5.75 Å². The summed E-state index contributed by atoms with van der Waals surface area (Å²) in [7, 11) is 0. The molecular formula is C18H14Cl2N2O3. The van der Waals surface area contributed by atoms with Gasteiger partial charge in [-0.1, -0.05) is 47.5 Å². The summed E-state index contributed by atoms with van der Waals surface area (Å²) in [5.41, 5.74) is 0.355. The van der Waals surface area contributed by atoms with E-state index in [9.17, 15) is 9.59 Å². The summed E-state index contributed by atoms with van der Waals surface area (Å²) in [5.74, 6) is 0.345. The Labute approximate surface area is 154 Å². The van der Waals surface area contributed by atoms with Crippen molar-refractivity contribution < 1.29 is 14.3 Å². The number of hydrogen-bond donors (Lipinski definition) is 1. The molecule has 1 fully saturated rings. The zero-order valence-electron chi connectivity index (χ0n) is 13.1. The normalized spacial score (nSPS) is 21.9. The number of carbonyl (C=O) groups is 2. The number of ether oxygens (including phenoxy) is 1. The molecule has 2 aliphatic rings. The van der Waals surface area contributed by atoms with Crippen LogP contribution >= 0.6 is 23.2 Å². The van der Waals surface area contributed by atoms with Crippen molar-refractivity contribution in [2.75, 3.05) is 6.61 Å². The molecule has 7 heteroatoms. The molecule has 1 saturated heterocycles. The number of amides is 3. The number of carbonyl (C=O) groups excluding carboxylic acids is 2. The Hall–Kier alpha value is -2.24. The van der Waals surface area contributed by atoms with Crippen LogP contribution in [0.1, 0.15) is 17.5 Å². The first kappa shape index (κ1) is 16.2. The number of hydrogen-bond acceptors (Lipinski definition) is 3. The van der Waals surface area contributed by atoms with E-state index in [-0.39, 0.29) is 12.5 Å². The van der Waals surface area contributed by atoms with Crippen LogP contribution in [0.25, 0.3) is 0 Å². The summed E-state index contributed by atoms with van der Waals surface area (Å²) >= 11 is 12.0. The zero-order valence-corrected chi connectivity index (χ0v) is 14.6. The van der Waals surface area contributed by atoms with Crippen LogP contribution in [-0.2, 0) is 16.9 Å². The molecular weight excluding hydrogens is 363 g/mol. The monoisotopic (exact) mass is 376 g/mol. The molecule has 0 aromatic heterocycles. The molecule has 0 bridgehead atoms. The standard InChI is InChI=1S/C18H14Cl2N2O3/c19-13-6-5-11(9-14(13)20)10-22-16(23)18(21-17(22)24)7-8-25-15-4-2-1-3-12(15)18/h1-6,9H,7-8,10H2,(H,21,24). The first-order chi connectivity index (χ1) is 12.0. The molecule has 0 aliphatic carbocycles. The highest BCUT2D eigenvalue weighted by Gasteiger charge is 2.54. The molecule has 1 N–H and O–H groups in total. The molecule has 1 atom stereocenters. The maximum Gasteiger partial charge on any atom is 0.325 e. The summed E-state index contributed by atoms with van der Waals surface area (Å²) in [4.78, 5) is 26.9. The van der Waals surface area contributed by atoms with Crippen molar-refractivity contribution in [1.82, 2.24) is 10.2 Å². The first-order valence-corrected chi connectivity index (χ1v) is 8.57. The summed E-state index contributed by atoms with van der Waals surface area (Å²) in [6.45, 7) is 0.496. The fourth-order valence-electron chi connectivity index (χ4n) is 3.34. The quantitative estimate of drug-likeness (QED) is 0.812. The number of halogens is 2. The zero-order chi connectivity index (χ0) is 17.6. The molecule has 1 spiro atoms. The molecule has 3 amide bonds. The van der Waals surface area contributed by atoms with Crippen LogP contribution in [0.3, 0.4) is 0 Å². The Morgan fingerprint density at radius 3 is 2.72 bits per heavy atom. The van der Waals surface area contributed by atoms with E-state index in [1.165, 1.54) is 4.90 Å². The predicted molar refractivity (Wildman–Crippen MR) is 93.8 cm³/mol. The van der Waals surface area contributed by atoms with E-state index in [4.69, 9.17) is 27.9 Å². The Morgan fingerprint density at radius 1 is 1.12 bits per heavy atom. The van der Waals surface area contributed by atoms with E-state index in [1.54, 1.807) is 24.3 Å². The molecule has 4 rings (SSSR count). The Balaban J connectivity index is 1.68. The molecule has 2 aromatic rings. The van der Waals surface area contributed by atoms with Gasteiger partial charge in [0.1, 0.15) is 5.75 Å². The van der Waals surface area contributed by atoms with Crippen LogP contribution in [0.2, 0.25) is 10.0 Å². The van der Waals surface area contributed by atoms with Gasteiger partial charge in [0.2, 0.25) is 0 Å². The van der Waals surface area contributed by atoms with E-state index in [1.807, 2.05) is 18.2 Å². The predicted octanol–water partition coefficient (Wildman–Crippen LogP) is 3.72. The highest BCUT2D eigenvalue weighted by Crippen LogP contribution is 2.41. The third-order valence-electron chi connectivity index (χ3n) is 4.58. The lowest BCUT2D eigenvalue weighted by Gasteiger charge is -2.33. The lowest BCUT2D eigenvalue weighted by atomic mass is 9.84. The van der Waals surface area contributed by atoms with Crippen LogP contribution < -0.4 is 10.1 Å². The number of imide groups is 1. The van der Waals surface area contributed by atoms with Gasteiger partial charge in [-0.15, -0.1) is 0 Å². The second kappa shape index (κ2) is 5.93. The maximum absolute atomic E-state index is 13.1. The molecule has 0 saturated carbocycles. The highest BCUT2D eigenvalue weighted by atomic mass is 35.5. The number of urea groups is 1. The lowest BCUT2D eigenvalue weighted by molar-refractivity contribution is -0.133. The molecule has 2 aliphatic heterocycles. The van der Waals surface area contributed by atoms with Gasteiger partial charge in [-0.05, 0) is 23.8 Å². The average molecular weight is 377 g/mol. The third kappa shape index (κ3) is 2.55. The molecule has 5 nitrogen and oxygen atoms in total. The lowest BCUT2D eigenvalue weighted by Crippen LogP contribution is -2.47. The van der Waals surface area contributed by atoms with E-state index in [2.05, 4.69) is 5.32 Å². The fraction of sp³-hybridized carbons (Fsp3) is 0.222. The van der Waals surface area contributed by atoms with Crippen LogP contribution in [0.15, 0.2) is 42.5 Å². The van der Waals surface area contributed by atoms with E-state index >= 15 is 0 Å². The number of fused-ring (bicyclic) bond motifs is 2. The second-order valence-corrected chi connectivity index (χ2v) is 6.88. The minimum absolute atomic E-state index is 0.131. The van der Waals surface area contributed by atoms with Crippen molar-refractivity contribution in [3.05, 3.63) is 63.6 Å². The highest BCUT2D eigenvalue weighted by molar-refractivity contribution is 6.42. The average Bonchev–Trinajstić information content (AvgIpc) is 2.83. The van der Waals surface area contributed by atoms with Crippen molar-refractivity contribution in [3.63, 3.8) is 0 Å². The number of nitrogens with zero attached hydrogens (tertiary/aromatic N) is 1. The van der Waals surface area contributed by atoms with Crippen molar-refractivity contribution in [3.8, 4) is 5.75 Å². The smallest absolute Gasteiger partial charge is 0.325 e. The Bertz CT molecular complexity index is 886. The van der Waals surface area contributed by atoms with Gasteiger partial charge in [-0.25, -0.2) is 4.79 Å². The second-order valence-electron chi connectivity index (χ2n) is 6.07. The van der Waals surface area contributed by atoms with Gasteiger partial charge in [-0.2, -0.15) is 0 Å². The Kier molecular flexibility index (Phi) is 3.85. The van der Waals surface area contributed by atoms with Crippen LogP contribution in [-0.4, -0.2) is 23.4 Å². The molecule has 1 unspecified atom stereocenters. The van der Waals surface area contributed by atoms with Crippen LogP contribution in [0.4, 0.5) is 4.79 Å². The van der Waals surface area contributed by atoms with Gasteiger partial charge in [0, 0.05) is 12.0 Å². The number of nitrogens with one attached hydrogen (secondary N) is 1. The van der Waals surface area contributed by atoms with E-state index in [0.717, 1.165) is 5.56 Å². The maximum atomic E-state index is 13.1. The molecule has 2 heterocycles.